The minimum Gasteiger partial charge on any atom is -0.256 e. The molecule has 0 radical (unpaired) electrons. The SMILES string of the molecule is Brc1cc(-c2ccccc2)c2ncccc2c1. The molecule has 0 saturated heterocycles. The molecule has 0 N–H and O–H groups in total. The Morgan fingerprint density at radius 3 is 2.53 bits per heavy atom. The molecule has 0 aliphatic rings. The predicted octanol–water partition coefficient (Wildman–Crippen LogP) is 4.66. The Bertz CT molecular complexity index is 662. The zero-order valence-electron chi connectivity index (χ0n) is 9.10. The van der Waals surface area contributed by atoms with Crippen molar-refractivity contribution in [2.24, 2.45) is 0 Å². The molecule has 17 heavy (non-hydrogen) atoms. The molecule has 0 amide bonds. The number of pyridine rings is 1. The summed E-state index contributed by atoms with van der Waals surface area (Å²) in [5.41, 5.74) is 3.40. The summed E-state index contributed by atoms with van der Waals surface area (Å²) in [7, 11) is 0. The topological polar surface area (TPSA) is 12.9 Å². The van der Waals surface area contributed by atoms with Crippen molar-refractivity contribution in [2.75, 3.05) is 0 Å². The van der Waals surface area contributed by atoms with E-state index in [9.17, 15) is 0 Å². The second-order valence-corrected chi connectivity index (χ2v) is 4.81. The van der Waals surface area contributed by atoms with Crippen LogP contribution in [0, 0.1) is 0 Å². The maximum atomic E-state index is 4.48. The van der Waals surface area contributed by atoms with E-state index in [0.717, 1.165) is 20.9 Å². The van der Waals surface area contributed by atoms with Crippen molar-refractivity contribution in [3.8, 4) is 11.1 Å². The quantitative estimate of drug-likeness (QED) is 0.633. The number of nitrogens with zero attached hydrogens (tertiary/aromatic N) is 1. The molecule has 1 heterocycles. The fourth-order valence-corrected chi connectivity index (χ4v) is 2.47. The Morgan fingerprint density at radius 2 is 1.71 bits per heavy atom. The van der Waals surface area contributed by atoms with Crippen molar-refractivity contribution < 1.29 is 0 Å². The Kier molecular flexibility index (Phi) is 2.65. The summed E-state index contributed by atoms with van der Waals surface area (Å²) in [6, 6.07) is 18.6. The van der Waals surface area contributed by atoms with E-state index in [2.05, 4.69) is 51.2 Å². The monoisotopic (exact) mass is 283 g/mol. The zero-order chi connectivity index (χ0) is 11.7. The van der Waals surface area contributed by atoms with Gasteiger partial charge >= 0.3 is 0 Å². The van der Waals surface area contributed by atoms with Gasteiger partial charge < -0.3 is 0 Å². The van der Waals surface area contributed by atoms with Gasteiger partial charge in [-0.3, -0.25) is 4.98 Å². The third-order valence-corrected chi connectivity index (χ3v) is 3.21. The van der Waals surface area contributed by atoms with Crippen LogP contribution < -0.4 is 0 Å². The summed E-state index contributed by atoms with van der Waals surface area (Å²) >= 11 is 3.55. The number of rotatable bonds is 1. The fraction of sp³-hybridized carbons (Fsp3) is 0. The molecule has 0 saturated carbocycles. The highest BCUT2D eigenvalue weighted by molar-refractivity contribution is 9.10. The maximum absolute atomic E-state index is 4.48. The fourth-order valence-electron chi connectivity index (χ4n) is 1.99. The number of hydrogen-bond acceptors (Lipinski definition) is 1. The molecule has 82 valence electrons. The summed E-state index contributed by atoms with van der Waals surface area (Å²) in [5, 5.41) is 1.15. The molecule has 3 rings (SSSR count). The van der Waals surface area contributed by atoms with Gasteiger partial charge in [0.25, 0.3) is 0 Å². The van der Waals surface area contributed by atoms with Crippen LogP contribution in [0.4, 0.5) is 0 Å². The Morgan fingerprint density at radius 1 is 0.882 bits per heavy atom. The smallest absolute Gasteiger partial charge is 0.0781 e. The van der Waals surface area contributed by atoms with Crippen LogP contribution in [0.3, 0.4) is 0 Å². The van der Waals surface area contributed by atoms with Gasteiger partial charge in [-0.05, 0) is 23.8 Å². The van der Waals surface area contributed by atoms with Gasteiger partial charge in [0.15, 0.2) is 0 Å². The van der Waals surface area contributed by atoms with E-state index in [4.69, 9.17) is 0 Å². The molecule has 2 heteroatoms. The van der Waals surface area contributed by atoms with Crippen LogP contribution in [0.1, 0.15) is 0 Å². The highest BCUT2D eigenvalue weighted by Crippen LogP contribution is 2.30. The third-order valence-electron chi connectivity index (χ3n) is 2.75. The van der Waals surface area contributed by atoms with E-state index >= 15 is 0 Å². The van der Waals surface area contributed by atoms with Gasteiger partial charge in [-0.1, -0.05) is 52.3 Å². The van der Waals surface area contributed by atoms with Crippen molar-refractivity contribution in [2.45, 2.75) is 0 Å². The highest BCUT2D eigenvalue weighted by atomic mass is 79.9. The second-order valence-electron chi connectivity index (χ2n) is 3.89. The highest BCUT2D eigenvalue weighted by Gasteiger charge is 2.05. The molecular formula is C15H10BrN. The number of hydrogen-bond donors (Lipinski definition) is 0. The van der Waals surface area contributed by atoms with Crippen molar-refractivity contribution in [1.29, 1.82) is 0 Å². The van der Waals surface area contributed by atoms with Crippen molar-refractivity contribution in [3.63, 3.8) is 0 Å². The van der Waals surface area contributed by atoms with Crippen LogP contribution >= 0.6 is 15.9 Å². The first-order chi connectivity index (χ1) is 8.34. The minimum atomic E-state index is 1.04. The molecule has 2 aromatic carbocycles. The molecule has 3 aromatic rings. The molecule has 0 unspecified atom stereocenters. The Hall–Kier alpha value is -1.67. The van der Waals surface area contributed by atoms with Crippen molar-refractivity contribution in [3.05, 3.63) is 65.3 Å². The number of aromatic nitrogens is 1. The van der Waals surface area contributed by atoms with Crippen LogP contribution in [0.2, 0.25) is 0 Å². The molecule has 0 spiro atoms. The van der Waals surface area contributed by atoms with E-state index in [1.807, 2.05) is 30.5 Å². The standard InChI is InChI=1S/C15H10BrN/c16-13-9-12-7-4-8-17-15(12)14(10-13)11-5-2-1-3-6-11/h1-10H. The minimum absolute atomic E-state index is 1.04. The van der Waals surface area contributed by atoms with Gasteiger partial charge in [0, 0.05) is 21.6 Å². The largest absolute Gasteiger partial charge is 0.256 e. The average Bonchev–Trinajstić information content (AvgIpc) is 2.39. The van der Waals surface area contributed by atoms with Gasteiger partial charge in [-0.15, -0.1) is 0 Å². The third kappa shape index (κ3) is 1.96. The molecule has 0 fully saturated rings. The van der Waals surface area contributed by atoms with Gasteiger partial charge in [0.05, 0.1) is 5.52 Å². The van der Waals surface area contributed by atoms with Crippen molar-refractivity contribution >= 4 is 26.8 Å². The zero-order valence-corrected chi connectivity index (χ0v) is 10.7. The Labute approximate surface area is 108 Å². The molecule has 0 aliphatic heterocycles. The first-order valence-corrected chi connectivity index (χ1v) is 6.23. The lowest BCUT2D eigenvalue weighted by Crippen LogP contribution is -1.84. The van der Waals surface area contributed by atoms with E-state index in [1.54, 1.807) is 0 Å². The molecule has 0 aliphatic carbocycles. The molecule has 1 aromatic heterocycles. The van der Waals surface area contributed by atoms with E-state index in [1.165, 1.54) is 5.56 Å². The summed E-state index contributed by atoms with van der Waals surface area (Å²) in [4.78, 5) is 4.48. The van der Waals surface area contributed by atoms with E-state index in [0.29, 0.717) is 0 Å². The van der Waals surface area contributed by atoms with E-state index < -0.39 is 0 Å². The maximum Gasteiger partial charge on any atom is 0.0781 e. The van der Waals surface area contributed by atoms with Crippen LogP contribution in [0.25, 0.3) is 22.0 Å². The molecule has 0 atom stereocenters. The summed E-state index contributed by atoms with van der Waals surface area (Å²) in [6.07, 6.45) is 1.84. The first-order valence-electron chi connectivity index (χ1n) is 5.44. The number of fused-ring (bicyclic) bond motifs is 1. The van der Waals surface area contributed by atoms with E-state index in [-0.39, 0.29) is 0 Å². The van der Waals surface area contributed by atoms with Crippen molar-refractivity contribution in [1.82, 2.24) is 4.98 Å². The predicted molar refractivity (Wildman–Crippen MR) is 74.9 cm³/mol. The van der Waals surface area contributed by atoms with Gasteiger partial charge in [-0.25, -0.2) is 0 Å². The average molecular weight is 284 g/mol. The lowest BCUT2D eigenvalue weighted by Gasteiger charge is -2.06. The van der Waals surface area contributed by atoms with Gasteiger partial charge in [0.1, 0.15) is 0 Å². The van der Waals surface area contributed by atoms with Gasteiger partial charge in [-0.2, -0.15) is 0 Å². The van der Waals surface area contributed by atoms with Crippen LogP contribution in [-0.4, -0.2) is 4.98 Å². The van der Waals surface area contributed by atoms with Gasteiger partial charge in [0.2, 0.25) is 0 Å². The van der Waals surface area contributed by atoms with Crippen LogP contribution in [0.15, 0.2) is 65.3 Å². The van der Waals surface area contributed by atoms with Crippen LogP contribution in [0.5, 0.6) is 0 Å². The summed E-state index contributed by atoms with van der Waals surface area (Å²) < 4.78 is 1.08. The second kappa shape index (κ2) is 4.30. The Balaban J connectivity index is 2.36. The van der Waals surface area contributed by atoms with Crippen LogP contribution in [-0.2, 0) is 0 Å². The lowest BCUT2D eigenvalue weighted by atomic mass is 10.0. The first kappa shape index (κ1) is 10.5. The normalized spacial score (nSPS) is 10.6. The molecular weight excluding hydrogens is 274 g/mol. The molecule has 1 nitrogen and oxygen atoms in total. The summed E-state index contributed by atoms with van der Waals surface area (Å²) in [6.45, 7) is 0. The summed E-state index contributed by atoms with van der Waals surface area (Å²) in [5.74, 6) is 0. The lowest BCUT2D eigenvalue weighted by molar-refractivity contribution is 1.41. The number of benzene rings is 2. The number of halogens is 1. The molecule has 0 bridgehead atoms.